The molecule has 0 aromatic heterocycles. The third-order valence-corrected chi connectivity index (χ3v) is 3.38. The number of nitrogens with zero attached hydrogens (tertiary/aromatic N) is 1. The van der Waals surface area contributed by atoms with Gasteiger partial charge in [-0.15, -0.1) is 0 Å². The van der Waals surface area contributed by atoms with Crippen molar-refractivity contribution in [2.45, 2.75) is 37.5 Å². The van der Waals surface area contributed by atoms with Gasteiger partial charge in [0.05, 0.1) is 19.3 Å². The average molecular weight is 228 g/mol. The molecule has 3 unspecified atom stereocenters. The highest BCUT2D eigenvalue weighted by Crippen LogP contribution is 2.26. The highest BCUT2D eigenvalue weighted by Gasteiger charge is 2.33. The van der Waals surface area contributed by atoms with Crippen molar-refractivity contribution in [3.8, 4) is 0 Å². The van der Waals surface area contributed by atoms with Gasteiger partial charge in [-0.05, 0) is 19.3 Å². The zero-order valence-corrected chi connectivity index (χ0v) is 9.72. The molecule has 0 aromatic rings. The van der Waals surface area contributed by atoms with E-state index in [0.717, 1.165) is 19.6 Å². The Kier molecular flexibility index (Phi) is 3.78. The molecule has 0 radical (unpaired) electrons. The lowest BCUT2D eigenvalue weighted by Gasteiger charge is -2.32. The van der Waals surface area contributed by atoms with Gasteiger partial charge in [0.15, 0.2) is 0 Å². The highest BCUT2D eigenvalue weighted by molar-refractivity contribution is 5.75. The molecule has 0 aromatic carbocycles. The molecule has 2 heterocycles. The first-order valence-electron chi connectivity index (χ1n) is 5.90. The second kappa shape index (κ2) is 5.12. The van der Waals surface area contributed by atoms with Crippen LogP contribution in [0.3, 0.4) is 0 Å². The van der Waals surface area contributed by atoms with E-state index in [1.165, 1.54) is 20.0 Å². The second-order valence-electron chi connectivity index (χ2n) is 4.64. The highest BCUT2D eigenvalue weighted by atomic mass is 16.5. The number of ether oxygens (including phenoxy) is 2. The van der Waals surface area contributed by atoms with Crippen LogP contribution in [0.2, 0.25) is 0 Å². The fourth-order valence-corrected chi connectivity index (χ4v) is 2.47. The van der Waals surface area contributed by atoms with Gasteiger partial charge in [-0.2, -0.15) is 0 Å². The van der Waals surface area contributed by atoms with Crippen molar-refractivity contribution in [2.75, 3.05) is 26.7 Å². The summed E-state index contributed by atoms with van der Waals surface area (Å²) in [6, 6.07) is -0.495. The number of hydrogen-bond acceptors (Lipinski definition) is 5. The fraction of sp³-hybridized carbons (Fsp3) is 0.909. The number of rotatable bonds is 4. The van der Waals surface area contributed by atoms with Crippen molar-refractivity contribution in [2.24, 2.45) is 5.73 Å². The molecule has 2 bridgehead atoms. The Morgan fingerprint density at radius 3 is 2.69 bits per heavy atom. The van der Waals surface area contributed by atoms with E-state index in [2.05, 4.69) is 9.64 Å². The Labute approximate surface area is 95.9 Å². The summed E-state index contributed by atoms with van der Waals surface area (Å²) >= 11 is 0. The SMILES string of the molecule is COC(=O)C(N)CCN1CC2CCC(C1)O2. The number of carbonyl (C=O) groups is 1. The summed E-state index contributed by atoms with van der Waals surface area (Å²) < 4.78 is 10.3. The number of esters is 1. The Morgan fingerprint density at radius 1 is 1.50 bits per heavy atom. The molecule has 3 atom stereocenters. The Morgan fingerprint density at radius 2 is 2.12 bits per heavy atom. The van der Waals surface area contributed by atoms with Gasteiger partial charge in [0.25, 0.3) is 0 Å². The molecule has 0 spiro atoms. The quantitative estimate of drug-likeness (QED) is 0.672. The number of carbonyl (C=O) groups excluding carboxylic acids is 1. The Bertz CT molecular complexity index is 248. The summed E-state index contributed by atoms with van der Waals surface area (Å²) in [5.41, 5.74) is 5.70. The average Bonchev–Trinajstić information content (AvgIpc) is 2.64. The van der Waals surface area contributed by atoms with E-state index in [1.54, 1.807) is 0 Å². The molecule has 2 saturated heterocycles. The molecule has 5 heteroatoms. The van der Waals surface area contributed by atoms with Crippen molar-refractivity contribution in [3.63, 3.8) is 0 Å². The topological polar surface area (TPSA) is 64.8 Å². The molecule has 2 fully saturated rings. The molecule has 2 aliphatic rings. The molecule has 0 amide bonds. The third-order valence-electron chi connectivity index (χ3n) is 3.38. The van der Waals surface area contributed by atoms with E-state index in [1.807, 2.05) is 0 Å². The predicted octanol–water partition coefficient (Wildman–Crippen LogP) is -0.260. The van der Waals surface area contributed by atoms with Crippen LogP contribution in [-0.4, -0.2) is 55.9 Å². The van der Waals surface area contributed by atoms with Crippen molar-refractivity contribution in [1.29, 1.82) is 0 Å². The predicted molar refractivity (Wildman–Crippen MR) is 58.9 cm³/mol. The van der Waals surface area contributed by atoms with Crippen molar-refractivity contribution in [3.05, 3.63) is 0 Å². The van der Waals surface area contributed by atoms with Crippen LogP contribution in [0.1, 0.15) is 19.3 Å². The summed E-state index contributed by atoms with van der Waals surface area (Å²) in [5.74, 6) is -0.323. The number of fused-ring (bicyclic) bond motifs is 2. The van der Waals surface area contributed by atoms with Crippen molar-refractivity contribution < 1.29 is 14.3 Å². The van der Waals surface area contributed by atoms with Gasteiger partial charge in [-0.25, -0.2) is 0 Å². The Hall–Kier alpha value is -0.650. The van der Waals surface area contributed by atoms with Crippen molar-refractivity contribution >= 4 is 5.97 Å². The van der Waals surface area contributed by atoms with Crippen LogP contribution in [0.4, 0.5) is 0 Å². The molecule has 2 N–H and O–H groups in total. The normalized spacial score (nSPS) is 31.4. The molecule has 5 nitrogen and oxygen atoms in total. The summed E-state index contributed by atoms with van der Waals surface area (Å²) in [4.78, 5) is 13.5. The fourth-order valence-electron chi connectivity index (χ4n) is 2.47. The minimum absolute atomic E-state index is 0.323. The first-order chi connectivity index (χ1) is 7.69. The van der Waals surface area contributed by atoms with Crippen LogP contribution in [0, 0.1) is 0 Å². The number of methoxy groups -OCH3 is 1. The van der Waals surface area contributed by atoms with Crippen LogP contribution in [0.25, 0.3) is 0 Å². The zero-order valence-electron chi connectivity index (χ0n) is 9.72. The van der Waals surface area contributed by atoms with Crippen LogP contribution >= 0.6 is 0 Å². The van der Waals surface area contributed by atoms with Gasteiger partial charge >= 0.3 is 5.97 Å². The lowest BCUT2D eigenvalue weighted by Crippen LogP contribution is -2.45. The molecule has 16 heavy (non-hydrogen) atoms. The number of likely N-dealkylation sites (tertiary alicyclic amines) is 1. The first kappa shape index (κ1) is 11.8. The largest absolute Gasteiger partial charge is 0.468 e. The van der Waals surface area contributed by atoms with Gasteiger partial charge in [-0.3, -0.25) is 9.69 Å². The number of hydrogen-bond donors (Lipinski definition) is 1. The van der Waals surface area contributed by atoms with E-state index in [0.29, 0.717) is 18.6 Å². The first-order valence-corrected chi connectivity index (χ1v) is 5.90. The maximum absolute atomic E-state index is 11.1. The van der Waals surface area contributed by atoms with Crippen LogP contribution < -0.4 is 5.73 Å². The monoisotopic (exact) mass is 228 g/mol. The van der Waals surface area contributed by atoms with E-state index >= 15 is 0 Å². The third kappa shape index (κ3) is 2.72. The zero-order chi connectivity index (χ0) is 11.5. The maximum Gasteiger partial charge on any atom is 0.322 e. The maximum atomic E-state index is 11.1. The summed E-state index contributed by atoms with van der Waals surface area (Å²) in [6.45, 7) is 2.81. The summed E-state index contributed by atoms with van der Waals surface area (Å²) in [5, 5.41) is 0. The minimum Gasteiger partial charge on any atom is -0.468 e. The van der Waals surface area contributed by atoms with Gasteiger partial charge < -0.3 is 15.2 Å². The Balaban J connectivity index is 1.72. The lowest BCUT2D eigenvalue weighted by molar-refractivity contribution is -0.142. The number of morpholine rings is 1. The molecule has 2 rings (SSSR count). The van der Waals surface area contributed by atoms with Gasteiger partial charge in [0.1, 0.15) is 6.04 Å². The van der Waals surface area contributed by atoms with Gasteiger partial charge in [-0.1, -0.05) is 0 Å². The smallest absolute Gasteiger partial charge is 0.322 e. The van der Waals surface area contributed by atoms with E-state index < -0.39 is 6.04 Å². The molecule has 0 aliphatic carbocycles. The van der Waals surface area contributed by atoms with Crippen LogP contribution in [0.5, 0.6) is 0 Å². The summed E-state index contributed by atoms with van der Waals surface area (Å²) in [6.07, 6.45) is 3.79. The second-order valence-corrected chi connectivity index (χ2v) is 4.64. The lowest BCUT2D eigenvalue weighted by atomic mass is 10.2. The van der Waals surface area contributed by atoms with Crippen molar-refractivity contribution in [1.82, 2.24) is 4.90 Å². The minimum atomic E-state index is -0.495. The van der Waals surface area contributed by atoms with E-state index in [4.69, 9.17) is 10.5 Å². The van der Waals surface area contributed by atoms with Crippen LogP contribution in [0.15, 0.2) is 0 Å². The van der Waals surface area contributed by atoms with Gasteiger partial charge in [0, 0.05) is 19.6 Å². The standard InChI is InChI=1S/C11H20N2O3/c1-15-11(14)10(12)4-5-13-6-8-2-3-9(7-13)16-8/h8-10H,2-7,12H2,1H3. The van der Waals surface area contributed by atoms with Gasteiger partial charge in [0.2, 0.25) is 0 Å². The molecule has 92 valence electrons. The van der Waals surface area contributed by atoms with E-state index in [9.17, 15) is 4.79 Å². The summed E-state index contributed by atoms with van der Waals surface area (Å²) in [7, 11) is 1.37. The molecular weight excluding hydrogens is 208 g/mol. The van der Waals surface area contributed by atoms with Crippen LogP contribution in [-0.2, 0) is 14.3 Å². The molecule has 2 aliphatic heterocycles. The number of nitrogens with two attached hydrogens (primary N) is 1. The van der Waals surface area contributed by atoms with E-state index in [-0.39, 0.29) is 5.97 Å². The molecule has 0 saturated carbocycles. The molecular formula is C11H20N2O3.